The van der Waals surface area contributed by atoms with Crippen molar-refractivity contribution in [2.24, 2.45) is 0 Å². The van der Waals surface area contributed by atoms with E-state index in [1.54, 1.807) is 23.2 Å². The van der Waals surface area contributed by atoms with Crippen LogP contribution in [0.2, 0.25) is 0 Å². The molecule has 3 rings (SSSR count). The van der Waals surface area contributed by atoms with E-state index < -0.39 is 0 Å². The van der Waals surface area contributed by atoms with Gasteiger partial charge in [0.15, 0.2) is 7.98 Å². The first-order valence-electron chi connectivity index (χ1n) is 9.48. The zero-order chi connectivity index (χ0) is 20.6. The third-order valence-corrected chi connectivity index (χ3v) is 4.58. The zero-order valence-electron chi connectivity index (χ0n) is 16.5. The highest BCUT2D eigenvalue weighted by Gasteiger charge is 2.21. The predicted molar refractivity (Wildman–Crippen MR) is 117 cm³/mol. The largest absolute Gasteiger partial charge is 0.458 e. The van der Waals surface area contributed by atoms with Gasteiger partial charge in [-0.2, -0.15) is 0 Å². The molecule has 6 nitrogen and oxygen atoms in total. The lowest BCUT2D eigenvalue weighted by Crippen LogP contribution is -2.26. The summed E-state index contributed by atoms with van der Waals surface area (Å²) in [5.74, 6) is 2.04. The minimum Gasteiger partial charge on any atom is -0.458 e. The molecule has 2 N–H and O–H groups in total. The molecule has 0 aliphatic carbocycles. The second-order valence-corrected chi connectivity index (χ2v) is 6.75. The van der Waals surface area contributed by atoms with E-state index in [1.807, 2.05) is 43.3 Å². The fraction of sp³-hybridized carbons (Fsp3) is 0.227. The summed E-state index contributed by atoms with van der Waals surface area (Å²) in [7, 11) is 5.84. The second kappa shape index (κ2) is 9.84. The van der Waals surface area contributed by atoms with Crippen LogP contribution in [0.15, 0.2) is 79.0 Å². The molecule has 2 aromatic rings. The Kier molecular flexibility index (Phi) is 6.97. The Hall–Kier alpha value is -3.19. The molecule has 1 atom stereocenters. The molecule has 1 saturated heterocycles. The number of ether oxygens (including phenoxy) is 1. The van der Waals surface area contributed by atoms with Gasteiger partial charge in [-0.05, 0) is 55.8 Å². The topological polar surface area (TPSA) is 74.1 Å². The van der Waals surface area contributed by atoms with Crippen LogP contribution >= 0.6 is 0 Å². The van der Waals surface area contributed by atoms with Gasteiger partial charge in [-0.25, -0.2) is 9.97 Å². The fourth-order valence-corrected chi connectivity index (χ4v) is 2.98. The van der Waals surface area contributed by atoms with Crippen molar-refractivity contribution in [3.05, 3.63) is 84.6 Å². The molecule has 0 saturated carbocycles. The minimum absolute atomic E-state index is 0.194. The molecule has 146 valence electrons. The van der Waals surface area contributed by atoms with Crippen LogP contribution in [0, 0.1) is 5.41 Å². The highest BCUT2D eigenvalue weighted by molar-refractivity contribution is 6.14. The predicted octanol–water partition coefficient (Wildman–Crippen LogP) is 3.51. The Morgan fingerprint density at radius 1 is 1.34 bits per heavy atom. The Balaban J connectivity index is 1.68. The van der Waals surface area contributed by atoms with Gasteiger partial charge in [0.25, 0.3) is 0 Å². The van der Waals surface area contributed by atoms with E-state index >= 15 is 0 Å². The maximum absolute atomic E-state index is 8.55. The summed E-state index contributed by atoms with van der Waals surface area (Å²) in [5, 5.41) is 11.9. The molecule has 0 spiro atoms. The van der Waals surface area contributed by atoms with Gasteiger partial charge in [0.2, 0.25) is 0 Å². The van der Waals surface area contributed by atoms with Crippen molar-refractivity contribution < 1.29 is 4.74 Å². The second-order valence-electron chi connectivity index (χ2n) is 6.75. The Labute approximate surface area is 173 Å². The van der Waals surface area contributed by atoms with Crippen LogP contribution in [-0.4, -0.2) is 47.6 Å². The quantitative estimate of drug-likeness (QED) is 0.315. The monoisotopic (exact) mass is 385 g/mol. The first-order valence-corrected chi connectivity index (χ1v) is 9.48. The van der Waals surface area contributed by atoms with Gasteiger partial charge in [-0.3, -0.25) is 5.41 Å². The number of para-hydroxylation sites is 1. The van der Waals surface area contributed by atoms with Gasteiger partial charge in [0.1, 0.15) is 23.7 Å². The van der Waals surface area contributed by atoms with E-state index in [-0.39, 0.29) is 11.8 Å². The van der Waals surface area contributed by atoms with E-state index in [0.29, 0.717) is 22.7 Å². The van der Waals surface area contributed by atoms with E-state index in [0.717, 1.165) is 25.3 Å². The van der Waals surface area contributed by atoms with Gasteiger partial charge >= 0.3 is 0 Å². The highest BCUT2D eigenvalue weighted by atomic mass is 16.5. The molecule has 2 heterocycles. The van der Waals surface area contributed by atoms with Crippen LogP contribution in [-0.2, 0) is 0 Å². The third-order valence-electron chi connectivity index (χ3n) is 4.58. The maximum Gasteiger partial charge on any atom is 0.182 e. The lowest BCUT2D eigenvalue weighted by Gasteiger charge is -2.16. The van der Waals surface area contributed by atoms with Crippen LogP contribution in [0.1, 0.15) is 18.9 Å². The molecule has 7 heteroatoms. The number of hydrogen-bond donors (Lipinski definition) is 2. The summed E-state index contributed by atoms with van der Waals surface area (Å²) >= 11 is 0. The number of aromatic nitrogens is 2. The molecule has 1 aromatic carbocycles. The SMILES string of the molecule is [B]N1CCC(Nc2ncncc2C(=N)C(=C)/C=C\C(=C/C)Oc2ccccc2)C1. The van der Waals surface area contributed by atoms with Crippen molar-refractivity contribution in [3.63, 3.8) is 0 Å². The molecular weight excluding hydrogens is 361 g/mol. The van der Waals surface area contributed by atoms with Gasteiger partial charge in [0.05, 0.1) is 11.3 Å². The van der Waals surface area contributed by atoms with E-state index in [9.17, 15) is 0 Å². The van der Waals surface area contributed by atoms with Crippen LogP contribution in [0.5, 0.6) is 5.75 Å². The van der Waals surface area contributed by atoms with Gasteiger partial charge in [-0.15, -0.1) is 0 Å². The van der Waals surface area contributed by atoms with Gasteiger partial charge in [-0.1, -0.05) is 24.8 Å². The number of nitrogens with zero attached hydrogens (tertiary/aromatic N) is 3. The highest BCUT2D eigenvalue weighted by Crippen LogP contribution is 2.20. The van der Waals surface area contributed by atoms with Crippen molar-refractivity contribution in [3.8, 4) is 5.75 Å². The molecule has 1 unspecified atom stereocenters. The first-order chi connectivity index (χ1) is 14.1. The van der Waals surface area contributed by atoms with Gasteiger partial charge < -0.3 is 14.9 Å². The van der Waals surface area contributed by atoms with Crippen molar-refractivity contribution >= 4 is 19.5 Å². The van der Waals surface area contributed by atoms with E-state index in [1.165, 1.54) is 6.33 Å². The van der Waals surface area contributed by atoms with Crippen molar-refractivity contribution in [1.29, 1.82) is 5.41 Å². The molecule has 1 aliphatic rings. The average Bonchev–Trinajstić information content (AvgIpc) is 3.16. The van der Waals surface area contributed by atoms with E-state index in [2.05, 4.69) is 21.9 Å². The Morgan fingerprint density at radius 2 is 2.14 bits per heavy atom. The van der Waals surface area contributed by atoms with Gasteiger partial charge in [0, 0.05) is 18.8 Å². The first kappa shape index (κ1) is 20.5. The smallest absolute Gasteiger partial charge is 0.182 e. The number of nitrogens with one attached hydrogen (secondary N) is 2. The number of hydrogen-bond acceptors (Lipinski definition) is 6. The van der Waals surface area contributed by atoms with Crippen LogP contribution in [0.3, 0.4) is 0 Å². The minimum atomic E-state index is 0.194. The molecule has 1 aliphatic heterocycles. The van der Waals surface area contributed by atoms with E-state index in [4.69, 9.17) is 18.1 Å². The standard InChI is InChI=1S/C22H24BN5O/c1-3-18(29-19-7-5-4-6-8-19)10-9-16(2)21(24)20-13-25-15-26-22(20)27-17-11-12-28(23)14-17/h3-10,13,15,17,24H,2,11-12,14H2,1H3,(H,25,26,27)/b10-9-,18-3+,24-21?. The normalized spacial score (nSPS) is 17.4. The summed E-state index contributed by atoms with van der Waals surface area (Å²) in [6, 6.07) is 9.74. The summed E-state index contributed by atoms with van der Waals surface area (Å²) < 4.78 is 5.83. The Bertz CT molecular complexity index is 926. The molecule has 1 fully saturated rings. The summed E-state index contributed by atoms with van der Waals surface area (Å²) in [6.45, 7) is 7.49. The van der Waals surface area contributed by atoms with Crippen LogP contribution in [0.4, 0.5) is 5.82 Å². The maximum atomic E-state index is 8.55. The lowest BCUT2D eigenvalue weighted by atomic mass is 10.0. The molecule has 1 aromatic heterocycles. The average molecular weight is 385 g/mol. The molecule has 2 radical (unpaired) electrons. The third kappa shape index (κ3) is 5.65. The molecule has 0 amide bonds. The number of allylic oxidation sites excluding steroid dienone is 4. The fourth-order valence-electron chi connectivity index (χ4n) is 2.98. The lowest BCUT2D eigenvalue weighted by molar-refractivity contribution is 0.443. The Morgan fingerprint density at radius 3 is 2.83 bits per heavy atom. The molecule has 0 bridgehead atoms. The van der Waals surface area contributed by atoms with Crippen molar-refractivity contribution in [2.45, 2.75) is 19.4 Å². The summed E-state index contributed by atoms with van der Waals surface area (Å²) in [4.78, 5) is 10.2. The van der Waals surface area contributed by atoms with Crippen LogP contribution < -0.4 is 10.1 Å². The zero-order valence-corrected chi connectivity index (χ0v) is 16.5. The molecular formula is C22H24BN5O. The number of benzene rings is 1. The number of rotatable bonds is 8. The molecule has 29 heavy (non-hydrogen) atoms. The van der Waals surface area contributed by atoms with Crippen LogP contribution in [0.25, 0.3) is 0 Å². The van der Waals surface area contributed by atoms with Crippen molar-refractivity contribution in [2.75, 3.05) is 18.4 Å². The van der Waals surface area contributed by atoms with Crippen molar-refractivity contribution in [1.82, 2.24) is 14.8 Å². The summed E-state index contributed by atoms with van der Waals surface area (Å²) in [6.07, 6.45) is 9.44. The number of anilines is 1. The summed E-state index contributed by atoms with van der Waals surface area (Å²) in [5.41, 5.74) is 1.39.